The van der Waals surface area contributed by atoms with E-state index in [0.29, 0.717) is 22.9 Å². The molecule has 104 valence electrons. The molecule has 0 saturated carbocycles. The van der Waals surface area contributed by atoms with E-state index in [9.17, 15) is 4.79 Å². The Kier molecular flexibility index (Phi) is 5.00. The number of benzene rings is 1. The number of carbonyl (C=O) groups excluding carboxylic acids is 1. The minimum absolute atomic E-state index is 0.192. The molecule has 2 rings (SSSR count). The standard InChI is InChI=1S/C13H10Cl2N2O2S/c14-8-3-4-10(11(15)6-8)12(18)17-13(20)16-7-9-2-1-5-19-9/h1-6H,7H2,(H2,16,17,18,20). The number of furan rings is 1. The zero-order valence-corrected chi connectivity index (χ0v) is 12.5. The highest BCUT2D eigenvalue weighted by atomic mass is 35.5. The summed E-state index contributed by atoms with van der Waals surface area (Å²) >= 11 is 16.7. The molecule has 1 heterocycles. The van der Waals surface area contributed by atoms with Crippen LogP contribution >= 0.6 is 35.4 Å². The normalized spacial score (nSPS) is 10.1. The third-order valence-corrected chi connectivity index (χ3v) is 3.20. The van der Waals surface area contributed by atoms with E-state index in [4.69, 9.17) is 39.8 Å². The Bertz CT molecular complexity index is 629. The topological polar surface area (TPSA) is 54.3 Å². The number of hydrogen-bond donors (Lipinski definition) is 2. The maximum absolute atomic E-state index is 12.0. The SMILES string of the molecule is O=C(NC(=S)NCc1ccco1)c1ccc(Cl)cc1Cl. The van der Waals surface area contributed by atoms with Gasteiger partial charge in [0.2, 0.25) is 0 Å². The van der Waals surface area contributed by atoms with Gasteiger partial charge in [0.15, 0.2) is 5.11 Å². The first kappa shape index (κ1) is 14.8. The van der Waals surface area contributed by atoms with E-state index < -0.39 is 5.91 Å². The summed E-state index contributed by atoms with van der Waals surface area (Å²) < 4.78 is 5.14. The first-order valence-corrected chi connectivity index (χ1v) is 6.79. The molecule has 0 saturated heterocycles. The highest BCUT2D eigenvalue weighted by Crippen LogP contribution is 2.20. The highest BCUT2D eigenvalue weighted by molar-refractivity contribution is 7.80. The molecular formula is C13H10Cl2N2O2S. The minimum Gasteiger partial charge on any atom is -0.467 e. The van der Waals surface area contributed by atoms with Gasteiger partial charge in [-0.3, -0.25) is 10.1 Å². The molecule has 0 atom stereocenters. The van der Waals surface area contributed by atoms with E-state index in [1.807, 2.05) is 0 Å². The Labute approximate surface area is 131 Å². The van der Waals surface area contributed by atoms with Crippen LogP contribution in [0.15, 0.2) is 41.0 Å². The van der Waals surface area contributed by atoms with E-state index in [1.165, 1.54) is 12.1 Å². The zero-order valence-electron chi connectivity index (χ0n) is 10.2. The molecule has 0 unspecified atom stereocenters. The van der Waals surface area contributed by atoms with Crippen molar-refractivity contribution in [1.29, 1.82) is 0 Å². The quantitative estimate of drug-likeness (QED) is 0.848. The molecule has 20 heavy (non-hydrogen) atoms. The molecule has 0 aliphatic carbocycles. The number of rotatable bonds is 3. The van der Waals surface area contributed by atoms with Crippen molar-refractivity contribution < 1.29 is 9.21 Å². The molecule has 7 heteroatoms. The Morgan fingerprint density at radius 1 is 1.30 bits per heavy atom. The van der Waals surface area contributed by atoms with Gasteiger partial charge in [-0.2, -0.15) is 0 Å². The van der Waals surface area contributed by atoms with Crippen LogP contribution in [-0.4, -0.2) is 11.0 Å². The fraction of sp³-hybridized carbons (Fsp3) is 0.0769. The van der Waals surface area contributed by atoms with E-state index in [0.717, 1.165) is 0 Å². The summed E-state index contributed by atoms with van der Waals surface area (Å²) in [4.78, 5) is 12.0. The predicted molar refractivity (Wildman–Crippen MR) is 82.1 cm³/mol. The first-order chi connectivity index (χ1) is 9.56. The third kappa shape index (κ3) is 3.96. The fourth-order valence-corrected chi connectivity index (χ4v) is 2.13. The minimum atomic E-state index is -0.399. The summed E-state index contributed by atoms with van der Waals surface area (Å²) in [5, 5.41) is 6.31. The smallest absolute Gasteiger partial charge is 0.258 e. The zero-order chi connectivity index (χ0) is 14.5. The summed E-state index contributed by atoms with van der Waals surface area (Å²) in [6.07, 6.45) is 1.56. The van der Waals surface area contributed by atoms with Gasteiger partial charge in [-0.15, -0.1) is 0 Å². The van der Waals surface area contributed by atoms with Crippen LogP contribution in [0.25, 0.3) is 0 Å². The van der Waals surface area contributed by atoms with E-state index in [1.54, 1.807) is 24.5 Å². The number of thiocarbonyl (C=S) groups is 1. The van der Waals surface area contributed by atoms with Gasteiger partial charge in [-0.05, 0) is 42.5 Å². The fourth-order valence-electron chi connectivity index (χ4n) is 1.47. The van der Waals surface area contributed by atoms with E-state index >= 15 is 0 Å². The van der Waals surface area contributed by atoms with Crippen LogP contribution in [0.4, 0.5) is 0 Å². The van der Waals surface area contributed by atoms with Gasteiger partial charge >= 0.3 is 0 Å². The lowest BCUT2D eigenvalue weighted by atomic mass is 10.2. The molecular weight excluding hydrogens is 319 g/mol. The Morgan fingerprint density at radius 3 is 2.75 bits per heavy atom. The van der Waals surface area contributed by atoms with Crippen LogP contribution < -0.4 is 10.6 Å². The molecule has 2 N–H and O–H groups in total. The maximum atomic E-state index is 12.0. The molecule has 0 aliphatic heterocycles. The van der Waals surface area contributed by atoms with Gasteiger partial charge in [0.05, 0.1) is 23.4 Å². The van der Waals surface area contributed by atoms with E-state index in [-0.39, 0.29) is 10.1 Å². The van der Waals surface area contributed by atoms with Gasteiger partial charge in [0.25, 0.3) is 5.91 Å². The Morgan fingerprint density at radius 2 is 2.10 bits per heavy atom. The molecule has 0 fully saturated rings. The summed E-state index contributed by atoms with van der Waals surface area (Å²) in [5.74, 6) is 0.315. The van der Waals surface area contributed by atoms with Crippen molar-refractivity contribution in [2.45, 2.75) is 6.54 Å². The van der Waals surface area contributed by atoms with Crippen molar-refractivity contribution in [3.05, 3.63) is 58.0 Å². The lowest BCUT2D eigenvalue weighted by molar-refractivity contribution is 0.0976. The van der Waals surface area contributed by atoms with Crippen molar-refractivity contribution in [2.75, 3.05) is 0 Å². The maximum Gasteiger partial charge on any atom is 0.258 e. The molecule has 0 bridgehead atoms. The number of hydrogen-bond acceptors (Lipinski definition) is 3. The van der Waals surface area contributed by atoms with Crippen LogP contribution in [0.2, 0.25) is 10.0 Å². The molecule has 2 aromatic rings. The Hall–Kier alpha value is -1.56. The average molecular weight is 329 g/mol. The van der Waals surface area contributed by atoms with Gasteiger partial charge in [0.1, 0.15) is 5.76 Å². The second-order valence-electron chi connectivity index (χ2n) is 3.84. The van der Waals surface area contributed by atoms with Gasteiger partial charge < -0.3 is 9.73 Å². The Balaban J connectivity index is 1.92. The first-order valence-electron chi connectivity index (χ1n) is 5.63. The highest BCUT2D eigenvalue weighted by Gasteiger charge is 2.12. The number of amides is 1. The van der Waals surface area contributed by atoms with Crippen LogP contribution in [0.1, 0.15) is 16.1 Å². The monoisotopic (exact) mass is 328 g/mol. The van der Waals surface area contributed by atoms with Gasteiger partial charge in [0, 0.05) is 5.02 Å². The summed E-state index contributed by atoms with van der Waals surface area (Å²) in [7, 11) is 0. The molecule has 0 spiro atoms. The average Bonchev–Trinajstić information content (AvgIpc) is 2.89. The largest absolute Gasteiger partial charge is 0.467 e. The molecule has 1 aromatic carbocycles. The second kappa shape index (κ2) is 6.74. The molecule has 4 nitrogen and oxygen atoms in total. The second-order valence-corrected chi connectivity index (χ2v) is 5.09. The van der Waals surface area contributed by atoms with Gasteiger partial charge in [-0.1, -0.05) is 23.2 Å². The lowest BCUT2D eigenvalue weighted by Gasteiger charge is -2.09. The number of halogens is 2. The summed E-state index contributed by atoms with van der Waals surface area (Å²) in [6, 6.07) is 8.19. The molecule has 1 aromatic heterocycles. The molecule has 0 radical (unpaired) electrons. The lowest BCUT2D eigenvalue weighted by Crippen LogP contribution is -2.38. The van der Waals surface area contributed by atoms with Gasteiger partial charge in [-0.25, -0.2) is 0 Å². The molecule has 0 aliphatic rings. The van der Waals surface area contributed by atoms with Crippen LogP contribution in [0.3, 0.4) is 0 Å². The van der Waals surface area contributed by atoms with Crippen molar-refractivity contribution in [3.63, 3.8) is 0 Å². The van der Waals surface area contributed by atoms with Crippen LogP contribution in [0, 0.1) is 0 Å². The van der Waals surface area contributed by atoms with Crippen molar-refractivity contribution in [1.82, 2.24) is 10.6 Å². The van der Waals surface area contributed by atoms with Crippen LogP contribution in [0.5, 0.6) is 0 Å². The molecule has 1 amide bonds. The summed E-state index contributed by atoms with van der Waals surface area (Å²) in [5.41, 5.74) is 0.304. The van der Waals surface area contributed by atoms with Crippen LogP contribution in [-0.2, 0) is 6.54 Å². The summed E-state index contributed by atoms with van der Waals surface area (Å²) in [6.45, 7) is 0.389. The number of nitrogens with one attached hydrogen (secondary N) is 2. The van der Waals surface area contributed by atoms with Crippen molar-refractivity contribution in [3.8, 4) is 0 Å². The third-order valence-electron chi connectivity index (χ3n) is 2.41. The number of carbonyl (C=O) groups is 1. The van der Waals surface area contributed by atoms with Crippen molar-refractivity contribution >= 4 is 46.4 Å². The predicted octanol–water partition coefficient (Wildman–Crippen LogP) is 3.39. The van der Waals surface area contributed by atoms with Crippen molar-refractivity contribution in [2.24, 2.45) is 0 Å². The van der Waals surface area contributed by atoms with E-state index in [2.05, 4.69) is 10.6 Å².